The molecule has 1 N–H and O–H groups in total. The fraction of sp³-hybridized carbons (Fsp3) is 0.0513. The van der Waals surface area contributed by atoms with E-state index >= 15 is 0 Å². The third-order valence-electron chi connectivity index (χ3n) is 14.4. The van der Waals surface area contributed by atoms with Crippen LogP contribution in [0.25, 0.3) is 71.3 Å². The average molecular weight is 706 g/mol. The monoisotopic (exact) mass is 708 g/mol. The van der Waals surface area contributed by atoms with Gasteiger partial charge in [0.2, 0.25) is 0 Å². The molecule has 0 spiro atoms. The zero-order valence-electron chi connectivity index (χ0n) is 36.2. The Morgan fingerprint density at radius 1 is 0.446 bits per heavy atom. The molecule has 0 atom stereocenters. The molecule has 0 aliphatic rings. The summed E-state index contributed by atoms with van der Waals surface area (Å²) in [5.74, 6) is 1.44. The number of aryl methyl sites for hydroxylation is 1. The van der Waals surface area contributed by atoms with E-state index in [0.717, 1.165) is 61.8 Å². The number of fused-ring (bicyclic) bond motifs is 4. The number of phenols is 1. The van der Waals surface area contributed by atoms with Gasteiger partial charge in [-0.1, -0.05) is 85.8 Å². The zero-order chi connectivity index (χ0) is 40.4. The van der Waals surface area contributed by atoms with Crippen molar-refractivity contribution in [1.82, 2.24) is 9.55 Å². The van der Waals surface area contributed by atoms with Gasteiger partial charge in [0.1, 0.15) is 121 Å². The molecule has 0 amide bonds. The number of hydrogen-bond acceptors (Lipinski definition) is 2. The van der Waals surface area contributed by atoms with Crippen molar-refractivity contribution in [1.29, 1.82) is 0 Å². The molecule has 0 aliphatic heterocycles. The second-order valence-corrected chi connectivity index (χ2v) is 16.7. The van der Waals surface area contributed by atoms with Gasteiger partial charge in [0.25, 0.3) is 0 Å². The minimum atomic E-state index is 0.384. The van der Waals surface area contributed by atoms with Crippen LogP contribution in [0, 0.1) is 0 Å². The molecule has 256 valence electrons. The standard InChI is InChI=1S/C39H42B14N2O/c1-2-15-54-13-5-3-4-6-14(13)55(15)12-9-7-11(8-10-12)16-18-20(28(43)34(49)33(48)26(18)41)17(21-19(16)27(42)37(52)38(53)39(21)56)22-25(40)23-24(30(45)29(22)44)32(47)36(51)35(50)31(23)46/h3-10,56H,2,40-53H2,1H3. The first-order chi connectivity index (χ1) is 26.5. The molecule has 0 bridgehead atoms. The number of rotatable bonds is 4. The summed E-state index contributed by atoms with van der Waals surface area (Å²) in [6, 6.07) is 17.5. The van der Waals surface area contributed by atoms with Crippen molar-refractivity contribution in [2.45, 2.75) is 13.3 Å². The van der Waals surface area contributed by atoms with Gasteiger partial charge in [-0.3, -0.25) is 4.57 Å². The summed E-state index contributed by atoms with van der Waals surface area (Å²) in [6.45, 7) is 2.17. The van der Waals surface area contributed by atoms with Crippen LogP contribution < -0.4 is 76.5 Å². The molecule has 0 radical (unpaired) electrons. The van der Waals surface area contributed by atoms with Crippen LogP contribution in [0.15, 0.2) is 48.5 Å². The van der Waals surface area contributed by atoms with Crippen LogP contribution in [0.2, 0.25) is 0 Å². The first-order valence-corrected chi connectivity index (χ1v) is 20.3. The topological polar surface area (TPSA) is 38.0 Å². The van der Waals surface area contributed by atoms with E-state index in [4.69, 9.17) is 4.98 Å². The van der Waals surface area contributed by atoms with E-state index < -0.39 is 0 Å². The molecule has 7 aromatic carbocycles. The maximum Gasteiger partial charge on any atom is 0.143 e. The SMILES string of the molecule is Bc1c(B)c(B)c2c(B)c(-c3c4c(B)c(B)c(B)c(B)c4c(-c4ccc(-n5c(CC)nc6ccccc65)cc4)c4c(B)c(B)c(B)c(O)c34)c(B)c(B)c2c1B. The molecule has 0 saturated heterocycles. The summed E-state index contributed by atoms with van der Waals surface area (Å²) in [5.41, 5.74) is 25.8. The van der Waals surface area contributed by atoms with E-state index in [1.165, 1.54) is 98.2 Å². The third-order valence-corrected chi connectivity index (χ3v) is 14.4. The Kier molecular flexibility index (Phi) is 9.30. The van der Waals surface area contributed by atoms with Gasteiger partial charge in [-0.25, -0.2) is 4.98 Å². The van der Waals surface area contributed by atoms with Crippen molar-refractivity contribution in [2.24, 2.45) is 0 Å². The lowest BCUT2D eigenvalue weighted by atomic mass is 9.57. The summed E-state index contributed by atoms with van der Waals surface area (Å²) >= 11 is 0. The molecule has 8 aromatic rings. The minimum absolute atomic E-state index is 0.384. The van der Waals surface area contributed by atoms with Gasteiger partial charge in [0.05, 0.1) is 11.0 Å². The van der Waals surface area contributed by atoms with Crippen molar-refractivity contribution in [2.75, 3.05) is 0 Å². The number of aromatic hydroxyl groups is 1. The number of benzene rings is 7. The lowest BCUT2D eigenvalue weighted by Crippen LogP contribution is -2.52. The van der Waals surface area contributed by atoms with E-state index in [9.17, 15) is 5.11 Å². The van der Waals surface area contributed by atoms with Crippen LogP contribution in [0.3, 0.4) is 0 Å². The maximum absolute atomic E-state index is 12.7. The van der Waals surface area contributed by atoms with E-state index in [1.807, 2.05) is 0 Å². The molecule has 0 aliphatic carbocycles. The summed E-state index contributed by atoms with van der Waals surface area (Å²) < 4.78 is 2.30. The lowest BCUT2D eigenvalue weighted by Gasteiger charge is -2.30. The molecule has 3 nitrogen and oxygen atoms in total. The first-order valence-electron chi connectivity index (χ1n) is 20.3. The number of phenolic OH excluding ortho intramolecular Hbond substituents is 1. The van der Waals surface area contributed by atoms with E-state index in [-0.39, 0.29) is 0 Å². The highest BCUT2D eigenvalue weighted by Crippen LogP contribution is 2.43. The van der Waals surface area contributed by atoms with Gasteiger partial charge >= 0.3 is 0 Å². The van der Waals surface area contributed by atoms with E-state index in [1.54, 1.807) is 0 Å². The zero-order valence-corrected chi connectivity index (χ0v) is 36.2. The summed E-state index contributed by atoms with van der Waals surface area (Å²) in [6.07, 6.45) is 0.840. The van der Waals surface area contributed by atoms with Crippen LogP contribution >= 0.6 is 0 Å². The van der Waals surface area contributed by atoms with Gasteiger partial charge in [-0.2, -0.15) is 0 Å². The molecule has 56 heavy (non-hydrogen) atoms. The second-order valence-electron chi connectivity index (χ2n) is 16.7. The van der Waals surface area contributed by atoms with E-state index in [0.29, 0.717) is 5.75 Å². The first kappa shape index (κ1) is 38.4. The molecular formula is C39H42B14N2O. The average Bonchev–Trinajstić information content (AvgIpc) is 3.58. The van der Waals surface area contributed by atoms with Gasteiger partial charge in [0, 0.05) is 17.5 Å². The van der Waals surface area contributed by atoms with Crippen LogP contribution in [-0.2, 0) is 6.42 Å². The molecule has 0 fully saturated rings. The number of para-hydroxylation sites is 2. The van der Waals surface area contributed by atoms with Crippen LogP contribution in [0.4, 0.5) is 0 Å². The largest absolute Gasteiger partial charge is 0.508 e. The van der Waals surface area contributed by atoms with Crippen molar-refractivity contribution in [3.63, 3.8) is 0 Å². The van der Waals surface area contributed by atoms with Crippen molar-refractivity contribution >= 4 is 230 Å². The number of hydrogen-bond donors (Lipinski definition) is 1. The fourth-order valence-corrected chi connectivity index (χ4v) is 10.2. The summed E-state index contributed by atoms with van der Waals surface area (Å²) in [5, 5.41) is 20.0. The molecule has 0 saturated carbocycles. The smallest absolute Gasteiger partial charge is 0.143 e. The fourth-order valence-electron chi connectivity index (χ4n) is 10.2. The Morgan fingerprint density at radius 3 is 1.45 bits per heavy atom. The van der Waals surface area contributed by atoms with Gasteiger partial charge in [-0.05, 0) is 73.5 Å². The van der Waals surface area contributed by atoms with Gasteiger partial charge in [-0.15, -0.1) is 21.9 Å². The predicted octanol–water partition coefficient (Wildman–Crippen LogP) is -14.3. The van der Waals surface area contributed by atoms with Crippen LogP contribution in [0.1, 0.15) is 12.7 Å². The Balaban J connectivity index is 1.60. The van der Waals surface area contributed by atoms with Crippen molar-refractivity contribution in [3.8, 4) is 33.7 Å². The Labute approximate surface area is 344 Å². The Bertz CT molecular complexity index is 2990. The van der Waals surface area contributed by atoms with Crippen LogP contribution in [0.5, 0.6) is 5.75 Å². The lowest BCUT2D eigenvalue weighted by molar-refractivity contribution is 0.486. The molecule has 8 rings (SSSR count). The van der Waals surface area contributed by atoms with Gasteiger partial charge in [0.15, 0.2) is 0 Å². The van der Waals surface area contributed by atoms with Gasteiger partial charge < -0.3 is 5.11 Å². The highest BCUT2D eigenvalue weighted by atomic mass is 16.3. The normalized spacial score (nSPS) is 11.7. The third kappa shape index (κ3) is 5.14. The molecule has 17 heteroatoms. The number of aromatic nitrogens is 2. The highest BCUT2D eigenvalue weighted by molar-refractivity contribution is 6.74. The molecule has 1 heterocycles. The number of imidazole rings is 1. The molecule has 0 unspecified atom stereocenters. The quantitative estimate of drug-likeness (QED) is 0.146. The number of nitrogens with zero attached hydrogens (tertiary/aromatic N) is 2. The molecular weight excluding hydrogens is 664 g/mol. The van der Waals surface area contributed by atoms with E-state index in [2.05, 4.69) is 170 Å². The molecule has 1 aromatic heterocycles. The predicted molar refractivity (Wildman–Crippen MR) is 290 cm³/mol. The highest BCUT2D eigenvalue weighted by Gasteiger charge is 2.29. The minimum Gasteiger partial charge on any atom is -0.508 e. The summed E-state index contributed by atoms with van der Waals surface area (Å²) in [7, 11) is 31.8. The van der Waals surface area contributed by atoms with Crippen LogP contribution in [-0.4, -0.2) is 125 Å². The summed E-state index contributed by atoms with van der Waals surface area (Å²) in [4.78, 5) is 4.98. The maximum atomic E-state index is 12.7. The second kappa shape index (κ2) is 13.6. The Hall–Kier alpha value is -4.50. The Morgan fingerprint density at radius 2 is 0.893 bits per heavy atom. The van der Waals surface area contributed by atoms with Crippen molar-refractivity contribution < 1.29 is 5.11 Å². The van der Waals surface area contributed by atoms with Crippen molar-refractivity contribution in [3.05, 3.63) is 54.4 Å².